The Bertz CT molecular complexity index is 1050. The number of hydrogen-bond acceptors (Lipinski definition) is 4. The fraction of sp³-hybridized carbons (Fsp3) is 0.150. The third kappa shape index (κ3) is 5.00. The van der Waals surface area contributed by atoms with Crippen molar-refractivity contribution in [1.29, 1.82) is 0 Å². The van der Waals surface area contributed by atoms with Gasteiger partial charge >= 0.3 is 0 Å². The van der Waals surface area contributed by atoms with E-state index in [1.807, 2.05) is 12.1 Å². The van der Waals surface area contributed by atoms with Gasteiger partial charge in [0.15, 0.2) is 0 Å². The van der Waals surface area contributed by atoms with E-state index in [0.29, 0.717) is 17.1 Å². The third-order valence-corrected chi connectivity index (χ3v) is 7.53. The van der Waals surface area contributed by atoms with Gasteiger partial charge in [-0.2, -0.15) is 0 Å². The largest absolute Gasteiger partial charge is 0.281 e. The molecule has 2 aromatic carbocycles. The van der Waals surface area contributed by atoms with Crippen LogP contribution in [0.25, 0.3) is 0 Å². The average molecular weight is 454 g/mol. The molecule has 1 heterocycles. The van der Waals surface area contributed by atoms with Crippen LogP contribution in [-0.4, -0.2) is 17.6 Å². The summed E-state index contributed by atoms with van der Waals surface area (Å²) >= 11 is 13.0. The fourth-order valence-electron chi connectivity index (χ4n) is 2.74. The van der Waals surface area contributed by atoms with E-state index in [1.54, 1.807) is 54.6 Å². The Balaban J connectivity index is 1.98. The van der Waals surface area contributed by atoms with E-state index in [2.05, 4.69) is 0 Å². The van der Waals surface area contributed by atoms with Crippen molar-refractivity contribution in [3.8, 4) is 0 Å². The number of carbonyl (C=O) groups is 1. The summed E-state index contributed by atoms with van der Waals surface area (Å²) in [6.45, 7) is 0. The van der Waals surface area contributed by atoms with Gasteiger partial charge in [-0.05, 0) is 66.6 Å². The highest BCUT2D eigenvalue weighted by Gasteiger charge is 2.25. The Kier molecular flexibility index (Phi) is 6.88. The number of aromatic nitrogens is 1. The second-order valence-electron chi connectivity index (χ2n) is 6.00. The van der Waals surface area contributed by atoms with Crippen LogP contribution in [0.1, 0.15) is 23.8 Å². The Morgan fingerprint density at radius 2 is 1.68 bits per heavy atom. The lowest BCUT2D eigenvalue weighted by molar-refractivity contribution is -0.111. The number of benzene rings is 2. The number of hydrogen-bond donors (Lipinski definition) is 0. The molecule has 0 bridgehead atoms. The van der Waals surface area contributed by atoms with Crippen molar-refractivity contribution < 1.29 is 13.2 Å². The van der Waals surface area contributed by atoms with Gasteiger partial charge in [-0.15, -0.1) is 11.8 Å². The molecule has 0 fully saturated rings. The van der Waals surface area contributed by atoms with Crippen LogP contribution in [-0.2, 0) is 14.8 Å². The molecule has 3 aromatic rings. The summed E-state index contributed by atoms with van der Waals surface area (Å²) in [5, 5.41) is -0.116. The molecule has 0 aliphatic carbocycles. The summed E-state index contributed by atoms with van der Waals surface area (Å²) in [5.74, 6) is 0. The van der Waals surface area contributed by atoms with E-state index in [1.165, 1.54) is 21.9 Å². The fourth-order valence-corrected chi connectivity index (χ4v) is 5.64. The second-order valence-corrected chi connectivity index (χ2v) is 9.95. The quantitative estimate of drug-likeness (QED) is 0.321. The summed E-state index contributed by atoms with van der Waals surface area (Å²) in [5.41, 5.74) is 0.585. The molecule has 0 aliphatic rings. The van der Waals surface area contributed by atoms with Crippen LogP contribution in [0.3, 0.4) is 0 Å². The van der Waals surface area contributed by atoms with Crippen molar-refractivity contribution in [3.05, 3.63) is 83.6 Å². The van der Waals surface area contributed by atoms with Crippen LogP contribution in [0.2, 0.25) is 5.02 Å². The number of halogens is 2. The van der Waals surface area contributed by atoms with Crippen LogP contribution in [0, 0.1) is 0 Å². The molecule has 3 rings (SSSR count). The lowest BCUT2D eigenvalue weighted by Crippen LogP contribution is -2.16. The minimum atomic E-state index is -3.74. The van der Waals surface area contributed by atoms with Crippen LogP contribution < -0.4 is 0 Å². The Morgan fingerprint density at radius 3 is 2.32 bits per heavy atom. The Hall–Kier alpha value is -1.73. The molecule has 0 N–H and O–H groups in total. The predicted octanol–water partition coefficient (Wildman–Crippen LogP) is 5.76. The maximum absolute atomic E-state index is 13.1. The molecule has 0 amide bonds. The van der Waals surface area contributed by atoms with Crippen molar-refractivity contribution in [3.63, 3.8) is 0 Å². The molecule has 8 heteroatoms. The SMILES string of the molecule is O=C(Cl)CCC(Sc1ccc(Cl)cc1)c1cccn1S(=O)(=O)c1ccccc1. The Labute approximate surface area is 178 Å². The highest BCUT2D eigenvalue weighted by Crippen LogP contribution is 2.40. The number of rotatable bonds is 8. The van der Waals surface area contributed by atoms with E-state index in [0.717, 1.165) is 4.90 Å². The maximum Gasteiger partial charge on any atom is 0.267 e. The van der Waals surface area contributed by atoms with Gasteiger partial charge in [0.25, 0.3) is 10.0 Å². The summed E-state index contributed by atoms with van der Waals surface area (Å²) in [6, 6.07) is 19.0. The van der Waals surface area contributed by atoms with Gasteiger partial charge < -0.3 is 0 Å². The molecule has 1 unspecified atom stereocenters. The summed E-state index contributed by atoms with van der Waals surface area (Å²) in [6.07, 6.45) is 2.07. The van der Waals surface area contributed by atoms with E-state index >= 15 is 0 Å². The van der Waals surface area contributed by atoms with Crippen LogP contribution in [0.15, 0.2) is 82.7 Å². The van der Waals surface area contributed by atoms with Crippen molar-refractivity contribution in [2.24, 2.45) is 0 Å². The lowest BCUT2D eigenvalue weighted by Gasteiger charge is -2.19. The number of nitrogens with zero attached hydrogens (tertiary/aromatic N) is 1. The molecule has 1 atom stereocenters. The van der Waals surface area contributed by atoms with Gasteiger partial charge in [-0.1, -0.05) is 29.8 Å². The van der Waals surface area contributed by atoms with E-state index < -0.39 is 15.3 Å². The summed E-state index contributed by atoms with van der Waals surface area (Å²) in [7, 11) is -3.74. The normalized spacial score (nSPS) is 12.6. The van der Waals surface area contributed by atoms with Crippen LogP contribution >= 0.6 is 35.0 Å². The maximum atomic E-state index is 13.1. The molecule has 0 spiro atoms. The zero-order valence-corrected chi connectivity index (χ0v) is 17.8. The van der Waals surface area contributed by atoms with Gasteiger partial charge in [-0.3, -0.25) is 4.79 Å². The van der Waals surface area contributed by atoms with Gasteiger partial charge in [-0.25, -0.2) is 12.4 Å². The standard InChI is InChI=1S/C20H17Cl2NO3S2/c21-15-8-10-16(11-9-15)27-19(12-13-20(22)24)18-7-4-14-23(18)28(25,26)17-5-2-1-3-6-17/h1-11,14,19H,12-13H2. The lowest BCUT2D eigenvalue weighted by atomic mass is 10.2. The van der Waals surface area contributed by atoms with E-state index in [9.17, 15) is 13.2 Å². The molecule has 0 radical (unpaired) electrons. The number of thioether (sulfide) groups is 1. The summed E-state index contributed by atoms with van der Waals surface area (Å²) in [4.78, 5) is 12.5. The average Bonchev–Trinajstić information content (AvgIpc) is 3.18. The zero-order valence-electron chi connectivity index (χ0n) is 14.7. The molecule has 4 nitrogen and oxygen atoms in total. The van der Waals surface area contributed by atoms with E-state index in [-0.39, 0.29) is 16.6 Å². The van der Waals surface area contributed by atoms with Gasteiger partial charge in [0.05, 0.1) is 10.1 Å². The molecule has 0 saturated carbocycles. The molecule has 146 valence electrons. The first-order chi connectivity index (χ1) is 13.4. The first-order valence-electron chi connectivity index (χ1n) is 8.46. The van der Waals surface area contributed by atoms with Gasteiger partial charge in [0, 0.05) is 28.2 Å². The summed E-state index contributed by atoms with van der Waals surface area (Å²) < 4.78 is 27.5. The first kappa shape index (κ1) is 21.0. The van der Waals surface area contributed by atoms with Crippen molar-refractivity contribution in [2.45, 2.75) is 27.9 Å². The van der Waals surface area contributed by atoms with Crippen molar-refractivity contribution >= 4 is 50.2 Å². The molecule has 1 aromatic heterocycles. The topological polar surface area (TPSA) is 56.1 Å². The monoisotopic (exact) mass is 453 g/mol. The van der Waals surface area contributed by atoms with Crippen molar-refractivity contribution in [1.82, 2.24) is 3.97 Å². The predicted molar refractivity (Wildman–Crippen MR) is 114 cm³/mol. The van der Waals surface area contributed by atoms with Crippen molar-refractivity contribution in [2.75, 3.05) is 0 Å². The van der Waals surface area contributed by atoms with E-state index in [4.69, 9.17) is 23.2 Å². The molecule has 28 heavy (non-hydrogen) atoms. The minimum Gasteiger partial charge on any atom is -0.281 e. The zero-order chi connectivity index (χ0) is 20.1. The smallest absolute Gasteiger partial charge is 0.267 e. The first-order valence-corrected chi connectivity index (χ1v) is 11.5. The number of carbonyl (C=O) groups excluding carboxylic acids is 1. The van der Waals surface area contributed by atoms with Crippen LogP contribution in [0.4, 0.5) is 0 Å². The van der Waals surface area contributed by atoms with Gasteiger partial charge in [0.1, 0.15) is 0 Å². The van der Waals surface area contributed by atoms with Crippen LogP contribution in [0.5, 0.6) is 0 Å². The second kappa shape index (κ2) is 9.18. The van der Waals surface area contributed by atoms with Gasteiger partial charge in [0.2, 0.25) is 5.24 Å². The molecule has 0 aliphatic heterocycles. The highest BCUT2D eigenvalue weighted by molar-refractivity contribution is 7.99. The molecule has 0 saturated heterocycles. The molecular formula is C20H17Cl2NO3S2. The highest BCUT2D eigenvalue weighted by atomic mass is 35.5. The third-order valence-electron chi connectivity index (χ3n) is 4.07. The molecular weight excluding hydrogens is 437 g/mol. The minimum absolute atomic E-state index is 0.142. The Morgan fingerprint density at radius 1 is 1.00 bits per heavy atom.